The fraction of sp³-hybridized carbons (Fsp3) is 0.500. The zero-order valence-electron chi connectivity index (χ0n) is 9.70. The van der Waals surface area contributed by atoms with Crippen LogP contribution in [0.25, 0.3) is 0 Å². The van der Waals surface area contributed by atoms with E-state index in [0.717, 1.165) is 10.7 Å². The molecule has 0 aromatic carbocycles. The Morgan fingerprint density at radius 2 is 2.07 bits per heavy atom. The number of Topliss-reactive ketones (excluding diaryl/α,β-unsaturated/α-hetero) is 1. The first-order valence-electron chi connectivity index (χ1n) is 5.10. The molecule has 1 heterocycles. The van der Waals surface area contributed by atoms with E-state index in [0.29, 0.717) is 5.75 Å². The van der Waals surface area contributed by atoms with Gasteiger partial charge in [0.15, 0.2) is 0 Å². The number of hydrogen-bond acceptors (Lipinski definition) is 3. The average molecular weight is 223 g/mol. The van der Waals surface area contributed by atoms with E-state index in [9.17, 15) is 4.79 Å². The predicted octanol–water partition coefficient (Wildman–Crippen LogP) is 3.02. The van der Waals surface area contributed by atoms with Crippen LogP contribution in [0.1, 0.15) is 25.1 Å². The van der Waals surface area contributed by atoms with Crippen molar-refractivity contribution in [2.24, 2.45) is 5.92 Å². The summed E-state index contributed by atoms with van der Waals surface area (Å²) in [5, 5.41) is 0.946. The lowest BCUT2D eigenvalue weighted by Crippen LogP contribution is -2.09. The second-order valence-electron chi connectivity index (χ2n) is 4.03. The number of nitrogens with zero attached hydrogens (tertiary/aromatic N) is 1. The Labute approximate surface area is 95.5 Å². The van der Waals surface area contributed by atoms with Gasteiger partial charge in [-0.1, -0.05) is 25.6 Å². The summed E-state index contributed by atoms with van der Waals surface area (Å²) < 4.78 is 0. The first-order valence-corrected chi connectivity index (χ1v) is 6.08. The van der Waals surface area contributed by atoms with Crippen molar-refractivity contribution in [1.29, 1.82) is 0 Å². The van der Waals surface area contributed by atoms with E-state index in [1.165, 1.54) is 17.3 Å². The Kier molecular flexibility index (Phi) is 4.33. The molecule has 0 amide bonds. The third-order valence-electron chi connectivity index (χ3n) is 2.08. The highest BCUT2D eigenvalue weighted by molar-refractivity contribution is 7.99. The molecule has 1 rings (SSSR count). The molecule has 1 aromatic heterocycles. The highest BCUT2D eigenvalue weighted by Gasteiger charge is 2.08. The lowest BCUT2D eigenvalue weighted by Gasteiger charge is -2.05. The molecule has 0 saturated heterocycles. The van der Waals surface area contributed by atoms with Crippen LogP contribution in [0.4, 0.5) is 0 Å². The molecule has 15 heavy (non-hydrogen) atoms. The Bertz CT molecular complexity index is 340. The molecule has 0 spiro atoms. The summed E-state index contributed by atoms with van der Waals surface area (Å²) in [6.45, 7) is 7.87. The third kappa shape index (κ3) is 4.04. The molecule has 0 atom stereocenters. The van der Waals surface area contributed by atoms with Gasteiger partial charge in [0, 0.05) is 11.6 Å². The number of carbonyl (C=O) groups is 1. The molecule has 0 aliphatic heterocycles. The van der Waals surface area contributed by atoms with Crippen LogP contribution in [0.5, 0.6) is 0 Å². The van der Waals surface area contributed by atoms with Gasteiger partial charge in [-0.25, -0.2) is 4.98 Å². The maximum atomic E-state index is 11.4. The van der Waals surface area contributed by atoms with Gasteiger partial charge in [0.2, 0.25) is 0 Å². The Hall–Kier alpha value is -0.830. The smallest absolute Gasteiger partial charge is 0.145 e. The summed E-state index contributed by atoms with van der Waals surface area (Å²) in [5.41, 5.74) is 2.21. The van der Waals surface area contributed by atoms with Crippen molar-refractivity contribution in [3.05, 3.63) is 23.4 Å². The molecule has 0 aliphatic carbocycles. The first kappa shape index (κ1) is 12.2. The van der Waals surface area contributed by atoms with Gasteiger partial charge in [-0.3, -0.25) is 4.79 Å². The highest BCUT2D eigenvalue weighted by Crippen LogP contribution is 2.18. The number of rotatable bonds is 4. The number of ketones is 1. The molecule has 2 nitrogen and oxygen atoms in total. The SMILES string of the molecule is Cc1cc(C)nc(SCC(=O)C(C)C)c1. The van der Waals surface area contributed by atoms with E-state index < -0.39 is 0 Å². The van der Waals surface area contributed by atoms with Gasteiger partial charge in [-0.2, -0.15) is 0 Å². The molecular weight excluding hydrogens is 206 g/mol. The molecule has 0 aliphatic rings. The van der Waals surface area contributed by atoms with Gasteiger partial charge < -0.3 is 0 Å². The summed E-state index contributed by atoms with van der Waals surface area (Å²) in [6.07, 6.45) is 0. The molecular formula is C12H17NOS. The van der Waals surface area contributed by atoms with Crippen LogP contribution in [0.2, 0.25) is 0 Å². The van der Waals surface area contributed by atoms with Crippen LogP contribution in [0.3, 0.4) is 0 Å². The molecule has 0 N–H and O–H groups in total. The van der Waals surface area contributed by atoms with Crippen molar-refractivity contribution >= 4 is 17.5 Å². The second kappa shape index (κ2) is 5.31. The van der Waals surface area contributed by atoms with Crippen molar-refractivity contribution in [3.63, 3.8) is 0 Å². The molecule has 1 aromatic rings. The average Bonchev–Trinajstić information content (AvgIpc) is 2.12. The Morgan fingerprint density at radius 3 is 2.60 bits per heavy atom. The van der Waals surface area contributed by atoms with E-state index >= 15 is 0 Å². The topological polar surface area (TPSA) is 30.0 Å². The van der Waals surface area contributed by atoms with Crippen LogP contribution < -0.4 is 0 Å². The zero-order valence-corrected chi connectivity index (χ0v) is 10.5. The normalized spacial score (nSPS) is 10.7. The van der Waals surface area contributed by atoms with Gasteiger partial charge >= 0.3 is 0 Å². The van der Waals surface area contributed by atoms with Crippen molar-refractivity contribution < 1.29 is 4.79 Å². The molecule has 0 unspecified atom stereocenters. The van der Waals surface area contributed by atoms with Gasteiger partial charge in [0.1, 0.15) is 5.78 Å². The third-order valence-corrected chi connectivity index (χ3v) is 3.01. The van der Waals surface area contributed by atoms with Crippen LogP contribution in [0.15, 0.2) is 17.2 Å². The molecule has 0 bridgehead atoms. The number of thioether (sulfide) groups is 1. The summed E-state index contributed by atoms with van der Waals surface area (Å²) in [5.74, 6) is 0.914. The van der Waals surface area contributed by atoms with Crippen molar-refractivity contribution in [2.45, 2.75) is 32.7 Å². The van der Waals surface area contributed by atoms with Gasteiger partial charge in [0.25, 0.3) is 0 Å². The lowest BCUT2D eigenvalue weighted by atomic mass is 10.1. The number of aryl methyl sites for hydroxylation is 2. The molecule has 0 saturated carbocycles. The number of hydrogen-bond donors (Lipinski definition) is 0. The second-order valence-corrected chi connectivity index (χ2v) is 5.03. The molecule has 0 fully saturated rings. The fourth-order valence-corrected chi connectivity index (χ4v) is 2.29. The first-order chi connectivity index (χ1) is 6.99. The van der Waals surface area contributed by atoms with Crippen molar-refractivity contribution in [2.75, 3.05) is 5.75 Å². The van der Waals surface area contributed by atoms with E-state index in [4.69, 9.17) is 0 Å². The predicted molar refractivity (Wildman–Crippen MR) is 64.3 cm³/mol. The minimum atomic E-state index is 0.114. The minimum absolute atomic E-state index is 0.114. The van der Waals surface area contributed by atoms with E-state index in [2.05, 4.69) is 4.98 Å². The van der Waals surface area contributed by atoms with Crippen LogP contribution in [0, 0.1) is 19.8 Å². The summed E-state index contributed by atoms with van der Waals surface area (Å²) in [4.78, 5) is 15.8. The molecule has 82 valence electrons. The van der Waals surface area contributed by atoms with Gasteiger partial charge in [-0.15, -0.1) is 0 Å². The Balaban J connectivity index is 2.61. The zero-order chi connectivity index (χ0) is 11.4. The van der Waals surface area contributed by atoms with Crippen LogP contribution >= 0.6 is 11.8 Å². The van der Waals surface area contributed by atoms with E-state index in [-0.39, 0.29) is 11.7 Å². The largest absolute Gasteiger partial charge is 0.298 e. The van der Waals surface area contributed by atoms with Crippen molar-refractivity contribution in [1.82, 2.24) is 4.98 Å². The van der Waals surface area contributed by atoms with Crippen LogP contribution in [-0.4, -0.2) is 16.5 Å². The lowest BCUT2D eigenvalue weighted by molar-refractivity contribution is -0.119. The maximum Gasteiger partial charge on any atom is 0.145 e. The summed E-state index contributed by atoms with van der Waals surface area (Å²) >= 11 is 1.52. The fourth-order valence-electron chi connectivity index (χ4n) is 1.19. The quantitative estimate of drug-likeness (QED) is 0.735. The monoisotopic (exact) mass is 223 g/mol. The van der Waals surface area contributed by atoms with Gasteiger partial charge in [-0.05, 0) is 31.5 Å². The van der Waals surface area contributed by atoms with Crippen LogP contribution in [-0.2, 0) is 4.79 Å². The summed E-state index contributed by atoms with van der Waals surface area (Å²) in [6, 6.07) is 4.06. The molecule has 3 heteroatoms. The minimum Gasteiger partial charge on any atom is -0.298 e. The van der Waals surface area contributed by atoms with Gasteiger partial charge in [0.05, 0.1) is 10.8 Å². The maximum absolute atomic E-state index is 11.4. The number of pyridine rings is 1. The van der Waals surface area contributed by atoms with E-state index in [1.54, 1.807) is 0 Å². The standard InChI is InChI=1S/C12H17NOS/c1-8(2)11(14)7-15-12-6-9(3)5-10(4)13-12/h5-6,8H,7H2,1-4H3. The summed E-state index contributed by atoms with van der Waals surface area (Å²) in [7, 11) is 0. The van der Waals surface area contributed by atoms with Crippen molar-refractivity contribution in [3.8, 4) is 0 Å². The number of carbonyl (C=O) groups excluding carboxylic acids is 1. The van der Waals surface area contributed by atoms with E-state index in [1.807, 2.05) is 39.8 Å². The number of aromatic nitrogens is 1. The Morgan fingerprint density at radius 1 is 1.40 bits per heavy atom. The molecule has 0 radical (unpaired) electrons. The highest BCUT2D eigenvalue weighted by atomic mass is 32.2.